The highest BCUT2D eigenvalue weighted by Gasteiger charge is 2.32. The molecule has 6 rings (SSSR count). The molecule has 0 atom stereocenters. The molecule has 0 aliphatic heterocycles. The summed E-state index contributed by atoms with van der Waals surface area (Å²) in [7, 11) is 1.90. The van der Waals surface area contributed by atoms with Crippen LogP contribution in [0.2, 0.25) is 0 Å². The van der Waals surface area contributed by atoms with Crippen LogP contribution in [0, 0.1) is 6.92 Å². The van der Waals surface area contributed by atoms with Gasteiger partial charge < -0.3 is 4.57 Å². The van der Waals surface area contributed by atoms with E-state index in [9.17, 15) is 18.0 Å². The van der Waals surface area contributed by atoms with E-state index >= 15 is 0 Å². The minimum Gasteiger partial charge on any atom is -0.328 e. The van der Waals surface area contributed by atoms with Gasteiger partial charge in [-0.15, -0.1) is 0 Å². The fraction of sp³-hybridized carbons (Fsp3) is 0.156. The van der Waals surface area contributed by atoms with Gasteiger partial charge in [-0.3, -0.25) is 4.79 Å². The number of rotatable bonds is 7. The quantitative estimate of drug-likeness (QED) is 0.136. The van der Waals surface area contributed by atoms with Crippen molar-refractivity contribution in [1.82, 2.24) is 28.7 Å². The van der Waals surface area contributed by atoms with E-state index in [0.717, 1.165) is 23.2 Å². The second kappa shape index (κ2) is 10.5. The van der Waals surface area contributed by atoms with Crippen molar-refractivity contribution in [2.24, 2.45) is 7.05 Å². The number of hydrogen-bond acceptors (Lipinski definition) is 4. The van der Waals surface area contributed by atoms with Gasteiger partial charge in [-0.25, -0.2) is 14.1 Å². The SMILES string of the molecule is C=CCn1c(/C=C/C=C/c2c(C)nn3c(=O)c4ccccc4n(C)c23)[n+](CC=C)c2nc3ccc(C(F)(F)F)cc3nc21. The molecule has 0 saturated carbocycles. The molecule has 0 saturated heterocycles. The molecule has 0 bridgehead atoms. The Morgan fingerprint density at radius 3 is 2.51 bits per heavy atom. The maximum absolute atomic E-state index is 13.4. The first kappa shape index (κ1) is 27.8. The average Bonchev–Trinajstić information content (AvgIpc) is 3.46. The number of imidazole rings is 1. The molecule has 11 heteroatoms. The first-order chi connectivity index (χ1) is 20.6. The van der Waals surface area contributed by atoms with E-state index in [0.29, 0.717) is 52.5 Å². The lowest BCUT2D eigenvalue weighted by molar-refractivity contribution is -0.665. The van der Waals surface area contributed by atoms with Crippen LogP contribution in [-0.4, -0.2) is 28.7 Å². The van der Waals surface area contributed by atoms with Crippen molar-refractivity contribution in [3.05, 3.63) is 113 Å². The molecule has 0 fully saturated rings. The van der Waals surface area contributed by atoms with Crippen LogP contribution in [0.25, 0.3) is 51.0 Å². The molecule has 0 aliphatic carbocycles. The number of halogens is 3. The highest BCUT2D eigenvalue weighted by molar-refractivity contribution is 5.84. The van der Waals surface area contributed by atoms with Gasteiger partial charge in [0.25, 0.3) is 11.2 Å². The van der Waals surface area contributed by atoms with Gasteiger partial charge in [0.05, 0.1) is 35.2 Å². The largest absolute Gasteiger partial charge is 0.416 e. The van der Waals surface area contributed by atoms with Crippen LogP contribution in [0.1, 0.15) is 22.6 Å². The van der Waals surface area contributed by atoms with E-state index in [2.05, 4.69) is 28.2 Å². The van der Waals surface area contributed by atoms with Crippen molar-refractivity contribution in [2.45, 2.75) is 26.2 Å². The fourth-order valence-corrected chi connectivity index (χ4v) is 5.39. The van der Waals surface area contributed by atoms with Gasteiger partial charge in [0.2, 0.25) is 5.82 Å². The molecule has 0 aliphatic rings. The lowest BCUT2D eigenvalue weighted by Gasteiger charge is -2.08. The normalized spacial score (nSPS) is 12.6. The molecule has 4 aromatic heterocycles. The van der Waals surface area contributed by atoms with Crippen LogP contribution in [0.3, 0.4) is 0 Å². The number of aryl methyl sites for hydroxylation is 2. The smallest absolute Gasteiger partial charge is 0.328 e. The Balaban J connectivity index is 1.47. The summed E-state index contributed by atoms with van der Waals surface area (Å²) in [6.45, 7) is 10.3. The molecule has 6 aromatic rings. The van der Waals surface area contributed by atoms with Crippen LogP contribution >= 0.6 is 0 Å². The number of allylic oxidation sites excluding steroid dienone is 4. The molecule has 0 spiro atoms. The van der Waals surface area contributed by atoms with E-state index in [4.69, 9.17) is 0 Å². The maximum atomic E-state index is 13.4. The summed E-state index contributed by atoms with van der Waals surface area (Å²) in [4.78, 5) is 22.4. The van der Waals surface area contributed by atoms with Gasteiger partial charge in [0, 0.05) is 18.7 Å². The predicted octanol–water partition coefficient (Wildman–Crippen LogP) is 5.80. The van der Waals surface area contributed by atoms with Crippen LogP contribution in [-0.2, 0) is 26.3 Å². The molecule has 0 N–H and O–H groups in total. The molecule has 8 nitrogen and oxygen atoms in total. The van der Waals surface area contributed by atoms with Gasteiger partial charge in [0.1, 0.15) is 11.2 Å². The lowest BCUT2D eigenvalue weighted by atomic mass is 10.2. The zero-order valence-corrected chi connectivity index (χ0v) is 23.5. The number of nitrogens with zero attached hydrogens (tertiary/aromatic N) is 7. The summed E-state index contributed by atoms with van der Waals surface area (Å²) in [5, 5.41) is 5.09. The second-order valence-corrected chi connectivity index (χ2v) is 10.1. The Hall–Kier alpha value is -5.32. The second-order valence-electron chi connectivity index (χ2n) is 10.1. The van der Waals surface area contributed by atoms with Gasteiger partial charge in [-0.2, -0.15) is 22.8 Å². The zero-order valence-electron chi connectivity index (χ0n) is 23.5. The Labute approximate surface area is 243 Å². The monoisotopic (exact) mass is 582 g/mol. The number of para-hydroxylation sites is 1. The van der Waals surface area contributed by atoms with Gasteiger partial charge in [0.15, 0.2) is 5.52 Å². The van der Waals surface area contributed by atoms with Crippen LogP contribution in [0.15, 0.2) is 84.7 Å². The Morgan fingerprint density at radius 2 is 1.77 bits per heavy atom. The number of fused-ring (bicyclic) bond motifs is 4. The van der Waals surface area contributed by atoms with Gasteiger partial charge >= 0.3 is 11.8 Å². The highest BCUT2D eigenvalue weighted by Crippen LogP contribution is 2.31. The minimum absolute atomic E-state index is 0.146. The van der Waals surface area contributed by atoms with Crippen molar-refractivity contribution in [3.8, 4) is 0 Å². The Kier molecular flexibility index (Phi) is 6.80. The standard InChI is InChI=1S/C32H27F3N7O/c1-5-17-40-27(41(18-6-2)29-28(40)36-24-16-15-21(32(33,34)35)19-25(24)37-29)14-10-8-11-22-20(3)38-42-30(22)39(4)26-13-9-7-12-23(26)31(42)43/h5-16,19H,1-2,17-18H2,3-4H3/q+1. The first-order valence-electron chi connectivity index (χ1n) is 13.5. The highest BCUT2D eigenvalue weighted by atomic mass is 19.4. The van der Waals surface area contributed by atoms with Crippen LogP contribution < -0.4 is 10.1 Å². The summed E-state index contributed by atoms with van der Waals surface area (Å²) in [5.74, 6) is 0.709. The summed E-state index contributed by atoms with van der Waals surface area (Å²) in [5.41, 5.74) is 3.45. The summed E-state index contributed by atoms with van der Waals surface area (Å²) < 4.78 is 47.2. The van der Waals surface area contributed by atoms with E-state index in [1.807, 2.05) is 70.2 Å². The Morgan fingerprint density at radius 1 is 1.00 bits per heavy atom. The van der Waals surface area contributed by atoms with Crippen molar-refractivity contribution in [3.63, 3.8) is 0 Å². The van der Waals surface area contributed by atoms with Crippen molar-refractivity contribution < 1.29 is 17.7 Å². The number of alkyl halides is 3. The third-order valence-corrected chi connectivity index (χ3v) is 7.35. The molecular formula is C32H27F3N7O+. The average molecular weight is 583 g/mol. The number of aromatic nitrogens is 7. The predicted molar refractivity (Wildman–Crippen MR) is 161 cm³/mol. The maximum Gasteiger partial charge on any atom is 0.416 e. The van der Waals surface area contributed by atoms with Crippen LogP contribution in [0.4, 0.5) is 13.2 Å². The third-order valence-electron chi connectivity index (χ3n) is 7.35. The van der Waals surface area contributed by atoms with Crippen molar-refractivity contribution in [1.29, 1.82) is 0 Å². The van der Waals surface area contributed by atoms with E-state index in [1.165, 1.54) is 10.6 Å². The minimum atomic E-state index is -4.49. The molecule has 0 amide bonds. The van der Waals surface area contributed by atoms with Gasteiger partial charge in [-0.1, -0.05) is 54.6 Å². The molecule has 4 heterocycles. The molecule has 0 radical (unpaired) electrons. The van der Waals surface area contributed by atoms with Crippen molar-refractivity contribution in [2.75, 3.05) is 0 Å². The molecule has 216 valence electrons. The lowest BCUT2D eigenvalue weighted by Crippen LogP contribution is -2.36. The van der Waals surface area contributed by atoms with Crippen LogP contribution in [0.5, 0.6) is 0 Å². The summed E-state index contributed by atoms with van der Waals surface area (Å²) in [6, 6.07) is 10.8. The third kappa shape index (κ3) is 4.62. The Bertz CT molecular complexity index is 2210. The molecule has 43 heavy (non-hydrogen) atoms. The number of benzene rings is 2. The van der Waals surface area contributed by atoms with E-state index in [1.54, 1.807) is 18.2 Å². The van der Waals surface area contributed by atoms with Crippen molar-refractivity contribution >= 4 is 51.0 Å². The molecule has 0 unspecified atom stereocenters. The van der Waals surface area contributed by atoms with E-state index in [-0.39, 0.29) is 11.1 Å². The number of hydrogen-bond donors (Lipinski definition) is 0. The van der Waals surface area contributed by atoms with Gasteiger partial charge in [-0.05, 0) is 43.3 Å². The summed E-state index contributed by atoms with van der Waals surface area (Å²) in [6.07, 6.45) is 6.38. The topological polar surface area (TPSA) is 73.9 Å². The molecule has 2 aromatic carbocycles. The summed E-state index contributed by atoms with van der Waals surface area (Å²) >= 11 is 0. The first-order valence-corrected chi connectivity index (χ1v) is 13.5. The van der Waals surface area contributed by atoms with E-state index < -0.39 is 11.7 Å². The fourth-order valence-electron chi connectivity index (χ4n) is 5.39. The molecular weight excluding hydrogens is 555 g/mol. The zero-order chi connectivity index (χ0) is 30.5.